The van der Waals surface area contributed by atoms with Gasteiger partial charge in [-0.1, -0.05) is 12.1 Å². The number of hydrogen-bond acceptors (Lipinski definition) is 10. The third kappa shape index (κ3) is 6.46. The smallest absolute Gasteiger partial charge is 0.269 e. The van der Waals surface area contributed by atoms with Crippen molar-refractivity contribution in [1.29, 1.82) is 10.5 Å². The molecule has 0 saturated carbocycles. The van der Waals surface area contributed by atoms with Crippen molar-refractivity contribution in [2.45, 2.75) is 23.8 Å². The lowest BCUT2D eigenvalue weighted by molar-refractivity contribution is 0.0958. The summed E-state index contributed by atoms with van der Waals surface area (Å²) in [5.41, 5.74) is 8.69. The number of nitrogens with one attached hydrogen (secondary N) is 1. The standard InChI is InChI=1S/C25H24N6O3S2/c1-15(34-35-3)13-33-18-6-4-17(5-7-18)22-19(11-26)23(28)31-25(20(22)12-27)36-14-16-8-9-30-21(10-16)24(32)29-2/h4-10,15H,13-14H2,1-3H3,(H2,28,31)(H,29,32)/t15-/m0/s1. The van der Waals surface area contributed by atoms with Gasteiger partial charge in [0.15, 0.2) is 0 Å². The van der Waals surface area contributed by atoms with Crippen LogP contribution in [0.1, 0.15) is 34.1 Å². The second-order valence-corrected chi connectivity index (χ2v) is 8.97. The van der Waals surface area contributed by atoms with Crippen LogP contribution in [0.15, 0.2) is 47.6 Å². The Morgan fingerprint density at radius 3 is 2.56 bits per heavy atom. The van der Waals surface area contributed by atoms with Crippen molar-refractivity contribution in [3.05, 3.63) is 65.0 Å². The second kappa shape index (κ2) is 12.8. The maximum atomic E-state index is 11.9. The number of anilines is 1. The quantitative estimate of drug-likeness (QED) is 0.295. The first-order chi connectivity index (χ1) is 17.4. The lowest BCUT2D eigenvalue weighted by Crippen LogP contribution is -2.19. The van der Waals surface area contributed by atoms with E-state index < -0.39 is 0 Å². The molecule has 2 aromatic heterocycles. The summed E-state index contributed by atoms with van der Waals surface area (Å²) in [6, 6.07) is 14.8. The number of amides is 1. The molecule has 0 radical (unpaired) electrons. The molecule has 36 heavy (non-hydrogen) atoms. The van der Waals surface area contributed by atoms with Crippen molar-refractivity contribution in [3.63, 3.8) is 0 Å². The van der Waals surface area contributed by atoms with Gasteiger partial charge in [0.1, 0.15) is 52.7 Å². The van der Waals surface area contributed by atoms with Crippen molar-refractivity contribution >= 4 is 35.5 Å². The number of thioether (sulfide) groups is 1. The van der Waals surface area contributed by atoms with E-state index in [1.807, 2.05) is 13.2 Å². The summed E-state index contributed by atoms with van der Waals surface area (Å²) in [4.78, 5) is 20.3. The van der Waals surface area contributed by atoms with Crippen molar-refractivity contribution in [1.82, 2.24) is 15.3 Å². The number of carbonyl (C=O) groups is 1. The molecule has 1 aromatic carbocycles. The van der Waals surface area contributed by atoms with Crippen molar-refractivity contribution in [3.8, 4) is 29.0 Å². The SMILES string of the molecule is CNC(=O)c1cc(CSc2nc(N)c(C#N)c(-c3ccc(OC[C@H](C)OSC)cc3)c2C#N)ccn1. The number of nitrogens with two attached hydrogens (primary N) is 1. The van der Waals surface area contributed by atoms with E-state index in [1.54, 1.807) is 42.6 Å². The van der Waals surface area contributed by atoms with E-state index in [-0.39, 0.29) is 29.0 Å². The van der Waals surface area contributed by atoms with Crippen LogP contribution in [0.4, 0.5) is 5.82 Å². The molecule has 9 nitrogen and oxygen atoms in total. The van der Waals surface area contributed by atoms with E-state index in [0.717, 1.165) is 5.56 Å². The zero-order valence-electron chi connectivity index (χ0n) is 19.9. The largest absolute Gasteiger partial charge is 0.491 e. The predicted octanol–water partition coefficient (Wildman–Crippen LogP) is 4.18. The topological polar surface area (TPSA) is 147 Å². The lowest BCUT2D eigenvalue weighted by Gasteiger charge is -2.15. The summed E-state index contributed by atoms with van der Waals surface area (Å²) in [5.74, 6) is 0.801. The van der Waals surface area contributed by atoms with Gasteiger partial charge >= 0.3 is 0 Å². The average Bonchev–Trinajstić information content (AvgIpc) is 2.90. The normalized spacial score (nSPS) is 11.2. The second-order valence-electron chi connectivity index (χ2n) is 7.48. The fraction of sp³-hybridized carbons (Fsp3) is 0.240. The third-order valence-electron chi connectivity index (χ3n) is 4.96. The van der Waals surface area contributed by atoms with Gasteiger partial charge in [-0.15, -0.1) is 11.8 Å². The number of carbonyl (C=O) groups excluding carboxylic acids is 1. The molecule has 0 aliphatic rings. The van der Waals surface area contributed by atoms with Crippen LogP contribution in [0.2, 0.25) is 0 Å². The van der Waals surface area contributed by atoms with E-state index in [4.69, 9.17) is 14.7 Å². The van der Waals surface area contributed by atoms with Crippen LogP contribution in [-0.4, -0.2) is 41.9 Å². The van der Waals surface area contributed by atoms with E-state index in [9.17, 15) is 15.3 Å². The summed E-state index contributed by atoms with van der Waals surface area (Å²) in [6.45, 7) is 2.29. The first kappa shape index (κ1) is 26.8. The molecule has 3 rings (SSSR count). The van der Waals surface area contributed by atoms with Crippen LogP contribution in [0, 0.1) is 22.7 Å². The highest BCUT2D eigenvalue weighted by atomic mass is 32.2. The van der Waals surface area contributed by atoms with Crippen LogP contribution < -0.4 is 15.8 Å². The molecule has 1 atom stereocenters. The minimum absolute atomic E-state index is 0.0399. The molecule has 0 spiro atoms. The molecular formula is C25H24N6O3S2. The fourth-order valence-electron chi connectivity index (χ4n) is 3.28. The molecule has 1 amide bonds. The van der Waals surface area contributed by atoms with Crippen LogP contribution >= 0.6 is 23.8 Å². The maximum absolute atomic E-state index is 11.9. The minimum atomic E-state index is -0.291. The fourth-order valence-corrected chi connectivity index (χ4v) is 4.60. The molecule has 0 aliphatic heterocycles. The minimum Gasteiger partial charge on any atom is -0.491 e. The summed E-state index contributed by atoms with van der Waals surface area (Å²) in [6.07, 6.45) is 3.31. The number of aromatic nitrogens is 2. The van der Waals surface area contributed by atoms with Gasteiger partial charge in [-0.3, -0.25) is 9.78 Å². The van der Waals surface area contributed by atoms with Gasteiger partial charge in [0.25, 0.3) is 5.91 Å². The summed E-state index contributed by atoms with van der Waals surface area (Å²) in [7, 11) is 1.54. The number of ether oxygens (including phenoxy) is 1. The molecule has 0 bridgehead atoms. The van der Waals surface area contributed by atoms with Crippen molar-refractivity contribution < 1.29 is 13.7 Å². The highest BCUT2D eigenvalue weighted by Gasteiger charge is 2.21. The van der Waals surface area contributed by atoms with Gasteiger partial charge in [0, 0.05) is 30.8 Å². The summed E-state index contributed by atoms with van der Waals surface area (Å²) < 4.78 is 11.1. The van der Waals surface area contributed by atoms with Gasteiger partial charge in [-0.2, -0.15) is 10.5 Å². The van der Waals surface area contributed by atoms with Gasteiger partial charge < -0.3 is 20.0 Å². The van der Waals surface area contributed by atoms with Crippen LogP contribution in [-0.2, 0) is 9.94 Å². The Morgan fingerprint density at radius 1 is 1.19 bits per heavy atom. The van der Waals surface area contributed by atoms with Crippen LogP contribution in [0.25, 0.3) is 11.1 Å². The van der Waals surface area contributed by atoms with Gasteiger partial charge in [0.05, 0.1) is 5.56 Å². The molecule has 3 aromatic rings. The lowest BCUT2D eigenvalue weighted by atomic mass is 9.97. The molecule has 0 saturated heterocycles. The van der Waals surface area contributed by atoms with Gasteiger partial charge in [-0.05, 0) is 54.4 Å². The van der Waals surface area contributed by atoms with Crippen LogP contribution in [0.3, 0.4) is 0 Å². The van der Waals surface area contributed by atoms with Gasteiger partial charge in [0.2, 0.25) is 0 Å². The molecule has 0 fully saturated rings. The number of rotatable bonds is 10. The molecule has 2 heterocycles. The first-order valence-electron chi connectivity index (χ1n) is 10.8. The number of hydrogen-bond donors (Lipinski definition) is 2. The Bertz CT molecular complexity index is 1320. The van der Waals surface area contributed by atoms with E-state index >= 15 is 0 Å². The Balaban J connectivity index is 1.91. The molecule has 0 aliphatic carbocycles. The van der Waals surface area contributed by atoms with Crippen molar-refractivity contribution in [2.75, 3.05) is 25.6 Å². The number of nitrogen functional groups attached to an aromatic ring is 1. The zero-order valence-corrected chi connectivity index (χ0v) is 21.6. The number of pyridine rings is 2. The Morgan fingerprint density at radius 2 is 1.92 bits per heavy atom. The zero-order chi connectivity index (χ0) is 26.1. The molecule has 3 N–H and O–H groups in total. The molecule has 11 heteroatoms. The third-order valence-corrected chi connectivity index (χ3v) is 6.53. The first-order valence-corrected chi connectivity index (χ1v) is 12.9. The highest BCUT2D eigenvalue weighted by molar-refractivity contribution is 7.98. The number of nitrogens with zero attached hydrogens (tertiary/aromatic N) is 4. The van der Waals surface area contributed by atoms with Gasteiger partial charge in [-0.25, -0.2) is 4.98 Å². The molecule has 0 unspecified atom stereocenters. The monoisotopic (exact) mass is 520 g/mol. The van der Waals surface area contributed by atoms with E-state index in [2.05, 4.69) is 27.4 Å². The maximum Gasteiger partial charge on any atom is 0.269 e. The number of benzene rings is 1. The summed E-state index contributed by atoms with van der Waals surface area (Å²) in [5, 5.41) is 22.7. The highest BCUT2D eigenvalue weighted by Crippen LogP contribution is 2.37. The summed E-state index contributed by atoms with van der Waals surface area (Å²) >= 11 is 2.57. The Labute approximate surface area is 218 Å². The van der Waals surface area contributed by atoms with E-state index in [1.165, 1.54) is 30.9 Å². The predicted molar refractivity (Wildman–Crippen MR) is 140 cm³/mol. The Hall–Kier alpha value is -3.77. The van der Waals surface area contributed by atoms with Crippen LogP contribution in [0.5, 0.6) is 5.75 Å². The molecule has 184 valence electrons. The average molecular weight is 521 g/mol. The Kier molecular flexibility index (Phi) is 9.53. The van der Waals surface area contributed by atoms with Crippen molar-refractivity contribution in [2.24, 2.45) is 0 Å². The van der Waals surface area contributed by atoms with E-state index in [0.29, 0.717) is 40.0 Å². The molecular weight excluding hydrogens is 496 g/mol. The number of nitriles is 2.